The Morgan fingerprint density at radius 1 is 1.38 bits per heavy atom. The normalized spacial score (nSPS) is 30.6. The Labute approximate surface area is 124 Å². The van der Waals surface area contributed by atoms with Crippen LogP contribution in [0.3, 0.4) is 0 Å². The van der Waals surface area contributed by atoms with Gasteiger partial charge in [-0.25, -0.2) is 4.79 Å². The number of aliphatic hydroxyl groups excluding tert-OH is 1. The van der Waals surface area contributed by atoms with E-state index < -0.39 is 5.97 Å². The average molecular weight is 290 g/mol. The summed E-state index contributed by atoms with van der Waals surface area (Å²) in [6, 6.07) is 5.89. The lowest BCUT2D eigenvalue weighted by atomic mass is 9.74. The first-order valence-electron chi connectivity index (χ1n) is 7.73. The molecule has 0 amide bonds. The monoisotopic (exact) mass is 290 g/mol. The molecular formula is C17H22O4. The number of ether oxygens (including phenoxy) is 1. The number of hydrogen-bond donors (Lipinski definition) is 2. The topological polar surface area (TPSA) is 66.8 Å². The van der Waals surface area contributed by atoms with Gasteiger partial charge in [0, 0.05) is 0 Å². The maximum absolute atomic E-state index is 10.7. The maximum Gasteiger partial charge on any atom is 0.341 e. The van der Waals surface area contributed by atoms with Crippen LogP contribution in [0.1, 0.15) is 30.9 Å². The highest BCUT2D eigenvalue weighted by Gasteiger charge is 2.44. The highest BCUT2D eigenvalue weighted by atomic mass is 16.5. The van der Waals surface area contributed by atoms with Crippen LogP contribution < -0.4 is 4.74 Å². The Bertz CT molecular complexity index is 540. The van der Waals surface area contributed by atoms with E-state index in [4.69, 9.17) is 9.84 Å². The minimum Gasteiger partial charge on any atom is -0.482 e. The zero-order chi connectivity index (χ0) is 15.0. The molecule has 0 radical (unpaired) electrons. The summed E-state index contributed by atoms with van der Waals surface area (Å²) in [6.07, 6.45) is 3.55. The molecule has 3 rings (SSSR count). The standard InChI is InChI=1S/C17H22O4/c1-2-12-13-6-10-4-3-5-16(21-9-17(19)20)14(10)7-11(13)8-15(12)18/h3-5,11-13,15,18H,2,6-9H2,1H3,(H,19,20)/t11-,12+,13-,15+/m0/s1. The third-order valence-corrected chi connectivity index (χ3v) is 5.17. The number of hydrogen-bond acceptors (Lipinski definition) is 3. The lowest BCUT2D eigenvalue weighted by Crippen LogP contribution is -2.27. The largest absolute Gasteiger partial charge is 0.482 e. The van der Waals surface area contributed by atoms with Crippen LogP contribution in [0, 0.1) is 17.8 Å². The van der Waals surface area contributed by atoms with E-state index in [-0.39, 0.29) is 12.7 Å². The van der Waals surface area contributed by atoms with Crippen molar-refractivity contribution in [3.05, 3.63) is 29.3 Å². The van der Waals surface area contributed by atoms with Crippen LogP contribution in [0.15, 0.2) is 18.2 Å². The number of carboxylic acids is 1. The molecule has 0 unspecified atom stereocenters. The molecule has 0 aliphatic heterocycles. The second kappa shape index (κ2) is 5.68. The Morgan fingerprint density at radius 2 is 2.19 bits per heavy atom. The van der Waals surface area contributed by atoms with E-state index in [1.165, 1.54) is 5.56 Å². The molecule has 114 valence electrons. The number of aliphatic hydroxyl groups is 1. The molecule has 1 aromatic rings. The molecule has 0 aromatic heterocycles. The van der Waals surface area contributed by atoms with E-state index in [9.17, 15) is 9.90 Å². The lowest BCUT2D eigenvalue weighted by molar-refractivity contribution is -0.139. The van der Waals surface area contributed by atoms with Gasteiger partial charge in [-0.05, 0) is 54.2 Å². The van der Waals surface area contributed by atoms with Crippen molar-refractivity contribution < 1.29 is 19.7 Å². The third kappa shape index (κ3) is 2.64. The third-order valence-electron chi connectivity index (χ3n) is 5.17. The van der Waals surface area contributed by atoms with Crippen molar-refractivity contribution in [2.75, 3.05) is 6.61 Å². The fourth-order valence-corrected chi connectivity index (χ4v) is 4.25. The van der Waals surface area contributed by atoms with E-state index in [0.717, 1.165) is 31.2 Å². The highest BCUT2D eigenvalue weighted by molar-refractivity contribution is 5.68. The first-order valence-corrected chi connectivity index (χ1v) is 7.73. The van der Waals surface area contributed by atoms with Gasteiger partial charge in [-0.1, -0.05) is 25.5 Å². The van der Waals surface area contributed by atoms with Crippen molar-refractivity contribution in [3.63, 3.8) is 0 Å². The van der Waals surface area contributed by atoms with E-state index in [1.807, 2.05) is 12.1 Å². The number of aliphatic carboxylic acids is 1. The van der Waals surface area contributed by atoms with Gasteiger partial charge in [-0.15, -0.1) is 0 Å². The summed E-state index contributed by atoms with van der Waals surface area (Å²) in [6.45, 7) is 1.85. The van der Waals surface area contributed by atoms with Gasteiger partial charge in [0.15, 0.2) is 6.61 Å². The van der Waals surface area contributed by atoms with Gasteiger partial charge in [-0.3, -0.25) is 0 Å². The summed E-state index contributed by atoms with van der Waals surface area (Å²) in [7, 11) is 0. The fourth-order valence-electron chi connectivity index (χ4n) is 4.25. The Kier molecular flexibility index (Phi) is 3.89. The summed E-state index contributed by atoms with van der Waals surface area (Å²) in [5, 5.41) is 19.0. The van der Waals surface area contributed by atoms with Crippen LogP contribution in [-0.4, -0.2) is 28.9 Å². The molecular weight excluding hydrogens is 268 g/mol. The zero-order valence-electron chi connectivity index (χ0n) is 12.3. The van der Waals surface area contributed by atoms with Crippen LogP contribution >= 0.6 is 0 Å². The van der Waals surface area contributed by atoms with Gasteiger partial charge in [0.2, 0.25) is 0 Å². The number of rotatable bonds is 4. The van der Waals surface area contributed by atoms with Crippen molar-refractivity contribution in [2.45, 2.75) is 38.7 Å². The minimum atomic E-state index is -0.955. The predicted molar refractivity (Wildman–Crippen MR) is 78.4 cm³/mol. The summed E-state index contributed by atoms with van der Waals surface area (Å²) < 4.78 is 5.43. The highest BCUT2D eigenvalue weighted by Crippen LogP contribution is 2.47. The molecule has 0 bridgehead atoms. The van der Waals surface area contributed by atoms with Crippen molar-refractivity contribution in [3.8, 4) is 5.75 Å². The van der Waals surface area contributed by atoms with Crippen LogP contribution in [0.2, 0.25) is 0 Å². The number of fused-ring (bicyclic) bond motifs is 2. The molecule has 1 saturated carbocycles. The molecule has 0 heterocycles. The molecule has 4 atom stereocenters. The van der Waals surface area contributed by atoms with Crippen LogP contribution in [0.4, 0.5) is 0 Å². The Hall–Kier alpha value is -1.55. The van der Waals surface area contributed by atoms with Crippen molar-refractivity contribution in [2.24, 2.45) is 17.8 Å². The summed E-state index contributed by atoms with van der Waals surface area (Å²) in [5.41, 5.74) is 2.40. The molecule has 4 nitrogen and oxygen atoms in total. The van der Waals surface area contributed by atoms with E-state index in [0.29, 0.717) is 23.5 Å². The van der Waals surface area contributed by atoms with Crippen molar-refractivity contribution in [1.82, 2.24) is 0 Å². The van der Waals surface area contributed by atoms with Gasteiger partial charge in [0.05, 0.1) is 6.10 Å². The van der Waals surface area contributed by atoms with Gasteiger partial charge < -0.3 is 14.9 Å². The smallest absolute Gasteiger partial charge is 0.341 e. The van der Waals surface area contributed by atoms with Crippen molar-refractivity contribution >= 4 is 5.97 Å². The lowest BCUT2D eigenvalue weighted by Gasteiger charge is -2.31. The van der Waals surface area contributed by atoms with Crippen LogP contribution in [0.25, 0.3) is 0 Å². The molecule has 2 aliphatic rings. The Morgan fingerprint density at radius 3 is 2.90 bits per heavy atom. The van der Waals surface area contributed by atoms with Gasteiger partial charge in [0.1, 0.15) is 5.75 Å². The van der Waals surface area contributed by atoms with Crippen LogP contribution in [0.5, 0.6) is 5.75 Å². The Balaban J connectivity index is 1.85. The predicted octanol–water partition coefficient (Wildman–Crippen LogP) is 2.27. The number of carbonyl (C=O) groups is 1. The molecule has 0 saturated heterocycles. The first-order chi connectivity index (χ1) is 10.1. The number of carboxylic acid groups (broad SMARTS) is 1. The summed E-state index contributed by atoms with van der Waals surface area (Å²) >= 11 is 0. The number of benzene rings is 1. The minimum absolute atomic E-state index is 0.192. The van der Waals surface area contributed by atoms with Crippen molar-refractivity contribution in [1.29, 1.82) is 0 Å². The second-order valence-electron chi connectivity index (χ2n) is 6.28. The second-order valence-corrected chi connectivity index (χ2v) is 6.28. The van der Waals surface area contributed by atoms with Crippen LogP contribution in [-0.2, 0) is 17.6 Å². The van der Waals surface area contributed by atoms with E-state index in [1.54, 1.807) is 0 Å². The molecule has 0 spiro atoms. The molecule has 4 heteroatoms. The molecule has 2 aliphatic carbocycles. The maximum atomic E-state index is 10.7. The first kappa shape index (κ1) is 14.4. The molecule has 1 fully saturated rings. The van der Waals surface area contributed by atoms with E-state index >= 15 is 0 Å². The van der Waals surface area contributed by atoms with Gasteiger partial charge in [0.25, 0.3) is 0 Å². The average Bonchev–Trinajstić information content (AvgIpc) is 2.76. The summed E-state index contributed by atoms with van der Waals surface area (Å²) in [5.74, 6) is 1.18. The molecule has 1 aromatic carbocycles. The van der Waals surface area contributed by atoms with Gasteiger partial charge in [-0.2, -0.15) is 0 Å². The fraction of sp³-hybridized carbons (Fsp3) is 0.588. The molecule has 2 N–H and O–H groups in total. The SMILES string of the molecule is CC[C@@H]1[C@H]2Cc3cccc(OCC(=O)O)c3C[C@H]2C[C@H]1O. The van der Waals surface area contributed by atoms with E-state index in [2.05, 4.69) is 13.0 Å². The summed E-state index contributed by atoms with van der Waals surface area (Å²) in [4.78, 5) is 10.7. The quantitative estimate of drug-likeness (QED) is 0.892. The van der Waals surface area contributed by atoms with Gasteiger partial charge >= 0.3 is 5.97 Å². The molecule has 21 heavy (non-hydrogen) atoms. The zero-order valence-corrected chi connectivity index (χ0v) is 12.3.